The fourth-order valence-corrected chi connectivity index (χ4v) is 3.60. The highest BCUT2D eigenvalue weighted by molar-refractivity contribution is 7.97. The minimum absolute atomic E-state index is 0.747. The van der Waals surface area contributed by atoms with E-state index >= 15 is 0 Å². The minimum atomic E-state index is 0.747. The van der Waals surface area contributed by atoms with Crippen LogP contribution in [0.2, 0.25) is 5.02 Å². The van der Waals surface area contributed by atoms with Crippen molar-refractivity contribution < 1.29 is 0 Å². The van der Waals surface area contributed by atoms with Gasteiger partial charge in [0.25, 0.3) is 0 Å². The van der Waals surface area contributed by atoms with Crippen molar-refractivity contribution >= 4 is 23.5 Å². The van der Waals surface area contributed by atoms with Crippen LogP contribution in [0.3, 0.4) is 0 Å². The second-order valence-electron chi connectivity index (χ2n) is 5.97. The Morgan fingerprint density at radius 3 is 2.59 bits per heavy atom. The first kappa shape index (κ1) is 17.8. The van der Waals surface area contributed by atoms with Crippen molar-refractivity contribution in [2.45, 2.75) is 11.4 Å². The van der Waals surface area contributed by atoms with E-state index in [9.17, 15) is 0 Å². The summed E-state index contributed by atoms with van der Waals surface area (Å²) in [6.07, 6.45) is 5.44. The Balaban J connectivity index is 1.49. The van der Waals surface area contributed by atoms with Gasteiger partial charge in [-0.1, -0.05) is 29.8 Å². The molecule has 0 saturated heterocycles. The number of benzene rings is 2. The summed E-state index contributed by atoms with van der Waals surface area (Å²) in [6, 6.07) is 20.2. The highest BCUT2D eigenvalue weighted by atomic mass is 35.5. The van der Waals surface area contributed by atoms with E-state index in [-0.39, 0.29) is 0 Å². The van der Waals surface area contributed by atoms with Crippen molar-refractivity contribution in [1.82, 2.24) is 19.9 Å². The molecule has 2 N–H and O–H groups in total. The first-order chi connectivity index (χ1) is 13.3. The summed E-state index contributed by atoms with van der Waals surface area (Å²) in [5.41, 5.74) is 5.47. The number of nitrogens with zero attached hydrogens (tertiary/aromatic N) is 2. The highest BCUT2D eigenvalue weighted by Gasteiger charge is 2.10. The van der Waals surface area contributed by atoms with Gasteiger partial charge in [-0.15, -0.1) is 0 Å². The molecule has 27 heavy (non-hydrogen) atoms. The van der Waals surface area contributed by atoms with E-state index in [0.717, 1.165) is 38.8 Å². The van der Waals surface area contributed by atoms with Crippen LogP contribution >= 0.6 is 23.5 Å². The standard InChI is InChI=1S/C21H17ClN4S/c22-18-4-6-19(7-5-18)27-25-13-15-2-1-3-17(12-15)21-20(14-24-26-21)16-8-10-23-11-9-16/h1-12,14,25H,13H2,(H,24,26). The van der Waals surface area contributed by atoms with E-state index < -0.39 is 0 Å². The molecular formula is C21H17ClN4S. The summed E-state index contributed by atoms with van der Waals surface area (Å²) in [6.45, 7) is 0.750. The molecule has 6 heteroatoms. The van der Waals surface area contributed by atoms with Gasteiger partial charge in [0, 0.05) is 40.0 Å². The van der Waals surface area contributed by atoms with Crippen molar-refractivity contribution in [2.75, 3.05) is 0 Å². The molecule has 4 nitrogen and oxygen atoms in total. The zero-order valence-corrected chi connectivity index (χ0v) is 16.0. The van der Waals surface area contributed by atoms with Crippen LogP contribution in [0.5, 0.6) is 0 Å². The third-order valence-electron chi connectivity index (χ3n) is 4.13. The molecule has 0 bridgehead atoms. The lowest BCUT2D eigenvalue weighted by Crippen LogP contribution is -2.03. The quantitative estimate of drug-likeness (QED) is 0.420. The molecule has 4 aromatic rings. The highest BCUT2D eigenvalue weighted by Crippen LogP contribution is 2.30. The van der Waals surface area contributed by atoms with Crippen LogP contribution in [0, 0.1) is 0 Å². The van der Waals surface area contributed by atoms with E-state index in [1.54, 1.807) is 24.3 Å². The predicted octanol–water partition coefficient (Wildman–Crippen LogP) is 5.59. The topological polar surface area (TPSA) is 53.6 Å². The molecule has 0 aliphatic carbocycles. The Morgan fingerprint density at radius 1 is 0.963 bits per heavy atom. The number of H-pyrrole nitrogens is 1. The van der Waals surface area contributed by atoms with Gasteiger partial charge in [0.05, 0.1) is 11.9 Å². The smallest absolute Gasteiger partial charge is 0.0728 e. The number of halogens is 1. The zero-order valence-electron chi connectivity index (χ0n) is 14.4. The van der Waals surface area contributed by atoms with Gasteiger partial charge in [-0.05, 0) is 65.5 Å². The number of nitrogens with one attached hydrogen (secondary N) is 2. The Bertz CT molecular complexity index is 1020. The Kier molecular flexibility index (Phi) is 5.53. The molecule has 0 aliphatic rings. The zero-order chi connectivity index (χ0) is 18.5. The number of hydrogen-bond donors (Lipinski definition) is 2. The second kappa shape index (κ2) is 8.39. The van der Waals surface area contributed by atoms with Gasteiger partial charge in [-0.25, -0.2) is 0 Å². The van der Waals surface area contributed by atoms with Crippen molar-refractivity contribution in [3.8, 4) is 22.4 Å². The van der Waals surface area contributed by atoms with Gasteiger partial charge in [0.2, 0.25) is 0 Å². The van der Waals surface area contributed by atoms with E-state index in [2.05, 4.69) is 44.2 Å². The number of pyridine rings is 1. The molecule has 4 rings (SSSR count). The van der Waals surface area contributed by atoms with Crippen molar-refractivity contribution in [2.24, 2.45) is 0 Å². The molecule has 0 saturated carbocycles. The summed E-state index contributed by atoms with van der Waals surface area (Å²) >= 11 is 7.52. The minimum Gasteiger partial charge on any atom is -0.277 e. The summed E-state index contributed by atoms with van der Waals surface area (Å²) in [7, 11) is 0. The number of aromatic amines is 1. The van der Waals surface area contributed by atoms with Crippen molar-refractivity contribution in [3.05, 3.63) is 89.8 Å². The van der Waals surface area contributed by atoms with Crippen molar-refractivity contribution in [3.63, 3.8) is 0 Å². The van der Waals surface area contributed by atoms with Gasteiger partial charge in [-0.3, -0.25) is 14.8 Å². The van der Waals surface area contributed by atoms with Gasteiger partial charge in [0.15, 0.2) is 0 Å². The maximum absolute atomic E-state index is 5.92. The van der Waals surface area contributed by atoms with E-state index in [1.807, 2.05) is 42.6 Å². The van der Waals surface area contributed by atoms with Crippen molar-refractivity contribution in [1.29, 1.82) is 0 Å². The lowest BCUT2D eigenvalue weighted by atomic mass is 10.0. The summed E-state index contributed by atoms with van der Waals surface area (Å²) in [4.78, 5) is 5.22. The fourth-order valence-electron chi connectivity index (χ4n) is 2.80. The Hall–Kier alpha value is -2.60. The van der Waals surface area contributed by atoms with E-state index in [0.29, 0.717) is 0 Å². The maximum atomic E-state index is 5.92. The lowest BCUT2D eigenvalue weighted by molar-refractivity contribution is 0.975. The third-order valence-corrected chi connectivity index (χ3v) is 5.17. The molecule has 0 aliphatic heterocycles. The average molecular weight is 393 g/mol. The molecule has 2 aromatic heterocycles. The molecular weight excluding hydrogens is 376 g/mol. The number of hydrogen-bond acceptors (Lipinski definition) is 4. The monoisotopic (exact) mass is 392 g/mol. The third kappa shape index (κ3) is 4.39. The van der Waals surface area contributed by atoms with Crippen LogP contribution in [0.15, 0.2) is 84.1 Å². The van der Waals surface area contributed by atoms with Crippen LogP contribution in [-0.2, 0) is 6.54 Å². The van der Waals surface area contributed by atoms with Crippen LogP contribution in [0.4, 0.5) is 0 Å². The fraction of sp³-hybridized carbons (Fsp3) is 0.0476. The largest absolute Gasteiger partial charge is 0.277 e. The molecule has 2 heterocycles. The lowest BCUT2D eigenvalue weighted by Gasteiger charge is -2.08. The van der Waals surface area contributed by atoms with Crippen LogP contribution in [-0.4, -0.2) is 15.2 Å². The molecule has 0 radical (unpaired) electrons. The Labute approximate surface area is 167 Å². The average Bonchev–Trinajstić information content (AvgIpc) is 3.20. The normalized spacial score (nSPS) is 10.9. The molecule has 0 spiro atoms. The summed E-state index contributed by atoms with van der Waals surface area (Å²) < 4.78 is 3.40. The maximum Gasteiger partial charge on any atom is 0.0728 e. The first-order valence-electron chi connectivity index (χ1n) is 8.48. The first-order valence-corrected chi connectivity index (χ1v) is 9.67. The van der Waals surface area contributed by atoms with Crippen LogP contribution in [0.1, 0.15) is 5.56 Å². The van der Waals surface area contributed by atoms with E-state index in [4.69, 9.17) is 11.6 Å². The van der Waals surface area contributed by atoms with Gasteiger partial charge < -0.3 is 0 Å². The van der Waals surface area contributed by atoms with Crippen LogP contribution in [0.25, 0.3) is 22.4 Å². The van der Waals surface area contributed by atoms with E-state index in [1.165, 1.54) is 5.56 Å². The van der Waals surface area contributed by atoms with Crippen LogP contribution < -0.4 is 4.72 Å². The summed E-state index contributed by atoms with van der Waals surface area (Å²) in [5, 5.41) is 8.11. The SMILES string of the molecule is Clc1ccc(SNCc2cccc(-c3[nH]ncc3-c3ccncc3)c2)cc1. The molecule has 0 atom stereocenters. The van der Waals surface area contributed by atoms with Gasteiger partial charge in [0.1, 0.15) is 0 Å². The Morgan fingerprint density at radius 2 is 1.78 bits per heavy atom. The summed E-state index contributed by atoms with van der Waals surface area (Å²) in [5.74, 6) is 0. The molecule has 0 amide bonds. The van der Waals surface area contributed by atoms with Gasteiger partial charge >= 0.3 is 0 Å². The second-order valence-corrected chi connectivity index (χ2v) is 7.37. The predicted molar refractivity (Wildman–Crippen MR) is 111 cm³/mol. The molecule has 134 valence electrons. The molecule has 2 aromatic carbocycles. The molecule has 0 fully saturated rings. The number of aromatic nitrogens is 3. The molecule has 0 unspecified atom stereocenters. The number of rotatable bonds is 6. The van der Waals surface area contributed by atoms with Gasteiger partial charge in [-0.2, -0.15) is 5.10 Å².